The number of nitrogens with one attached hydrogen (secondary N) is 1. The van der Waals surface area contributed by atoms with Gasteiger partial charge in [-0.2, -0.15) is 0 Å². The number of aryl methyl sites for hydroxylation is 1. The maximum absolute atomic E-state index is 13.1. The van der Waals surface area contributed by atoms with Gasteiger partial charge in [-0.3, -0.25) is 0 Å². The van der Waals surface area contributed by atoms with Crippen LogP contribution in [-0.4, -0.2) is 25.0 Å². The van der Waals surface area contributed by atoms with Crippen molar-refractivity contribution in [1.29, 1.82) is 0 Å². The fraction of sp³-hybridized carbons (Fsp3) is 0.294. The van der Waals surface area contributed by atoms with Crippen LogP contribution in [0.4, 0.5) is 10.1 Å². The van der Waals surface area contributed by atoms with Crippen LogP contribution >= 0.6 is 0 Å². The molecule has 2 nitrogen and oxygen atoms in total. The van der Waals surface area contributed by atoms with Crippen LogP contribution in [0.2, 0.25) is 0 Å². The second kappa shape index (κ2) is 7.06. The normalized spacial score (nSPS) is 10.8. The maximum Gasteiger partial charge on any atom is 0.123 e. The molecule has 0 aromatic heterocycles. The lowest BCUT2D eigenvalue weighted by Gasteiger charge is -2.17. The molecule has 0 unspecified atom stereocenters. The van der Waals surface area contributed by atoms with Crippen molar-refractivity contribution in [2.24, 2.45) is 0 Å². The van der Waals surface area contributed by atoms with Crippen molar-refractivity contribution in [1.82, 2.24) is 4.90 Å². The van der Waals surface area contributed by atoms with Gasteiger partial charge in [-0.05, 0) is 43.8 Å². The fourth-order valence-corrected chi connectivity index (χ4v) is 2.09. The Kier molecular flexibility index (Phi) is 5.13. The lowest BCUT2D eigenvalue weighted by Crippen LogP contribution is -2.24. The molecule has 2 aromatic carbocycles. The number of benzene rings is 2. The molecule has 0 spiro atoms. The molecule has 20 heavy (non-hydrogen) atoms. The average Bonchev–Trinajstić information content (AvgIpc) is 2.41. The van der Waals surface area contributed by atoms with Crippen LogP contribution in [0.1, 0.15) is 11.1 Å². The molecule has 3 heteroatoms. The minimum atomic E-state index is -0.173. The van der Waals surface area contributed by atoms with Crippen molar-refractivity contribution < 1.29 is 4.39 Å². The summed E-state index contributed by atoms with van der Waals surface area (Å²) in [5.74, 6) is -0.173. The van der Waals surface area contributed by atoms with E-state index in [1.807, 2.05) is 13.1 Å². The van der Waals surface area contributed by atoms with Crippen molar-refractivity contribution in [2.75, 3.05) is 25.5 Å². The molecule has 0 aliphatic heterocycles. The minimum Gasteiger partial charge on any atom is -0.384 e. The van der Waals surface area contributed by atoms with E-state index in [0.29, 0.717) is 0 Å². The van der Waals surface area contributed by atoms with Gasteiger partial charge in [0.2, 0.25) is 0 Å². The Balaban J connectivity index is 1.75. The summed E-state index contributed by atoms with van der Waals surface area (Å²) in [4.78, 5) is 2.18. The molecule has 106 valence electrons. The Morgan fingerprint density at radius 3 is 2.55 bits per heavy atom. The van der Waals surface area contributed by atoms with Crippen LogP contribution in [0.3, 0.4) is 0 Å². The Labute approximate surface area is 120 Å². The van der Waals surface area contributed by atoms with Crippen LogP contribution in [0.25, 0.3) is 0 Å². The number of rotatable bonds is 6. The van der Waals surface area contributed by atoms with Crippen LogP contribution in [0.5, 0.6) is 0 Å². The third-order valence-electron chi connectivity index (χ3n) is 3.22. The molecule has 0 atom stereocenters. The van der Waals surface area contributed by atoms with Gasteiger partial charge in [0.05, 0.1) is 0 Å². The van der Waals surface area contributed by atoms with E-state index in [0.717, 1.165) is 30.9 Å². The number of hydrogen-bond acceptors (Lipinski definition) is 2. The summed E-state index contributed by atoms with van der Waals surface area (Å²) in [5.41, 5.74) is 3.40. The third kappa shape index (κ3) is 4.67. The number of halogens is 1. The zero-order valence-corrected chi connectivity index (χ0v) is 12.1. The number of hydrogen-bond donors (Lipinski definition) is 1. The number of nitrogens with zero attached hydrogens (tertiary/aromatic N) is 1. The quantitative estimate of drug-likeness (QED) is 0.863. The first-order valence-electron chi connectivity index (χ1n) is 6.87. The van der Waals surface area contributed by atoms with Gasteiger partial charge >= 0.3 is 0 Å². The summed E-state index contributed by atoms with van der Waals surface area (Å²) in [6.07, 6.45) is 0. The van der Waals surface area contributed by atoms with Crippen LogP contribution < -0.4 is 5.32 Å². The van der Waals surface area contributed by atoms with Crippen LogP contribution in [0, 0.1) is 12.7 Å². The SMILES string of the molecule is Cc1ccc(NCCN(C)Cc2cccc(F)c2)cc1. The first kappa shape index (κ1) is 14.5. The second-order valence-electron chi connectivity index (χ2n) is 5.16. The summed E-state index contributed by atoms with van der Waals surface area (Å²) >= 11 is 0. The van der Waals surface area contributed by atoms with Gasteiger partial charge in [-0.15, -0.1) is 0 Å². The predicted molar refractivity (Wildman–Crippen MR) is 82.4 cm³/mol. The van der Waals surface area contributed by atoms with Gasteiger partial charge in [-0.25, -0.2) is 4.39 Å². The van der Waals surface area contributed by atoms with Crippen LogP contribution in [0.15, 0.2) is 48.5 Å². The first-order chi connectivity index (χ1) is 9.63. The number of anilines is 1. The molecular formula is C17H21FN2. The summed E-state index contributed by atoms with van der Waals surface area (Å²) in [7, 11) is 2.04. The monoisotopic (exact) mass is 272 g/mol. The molecule has 0 amide bonds. The Morgan fingerprint density at radius 2 is 1.85 bits per heavy atom. The molecule has 0 bridgehead atoms. The molecule has 0 aliphatic rings. The molecular weight excluding hydrogens is 251 g/mol. The van der Waals surface area contributed by atoms with Gasteiger partial charge in [0.15, 0.2) is 0 Å². The van der Waals surface area contributed by atoms with E-state index in [2.05, 4.69) is 41.4 Å². The van der Waals surface area contributed by atoms with E-state index in [9.17, 15) is 4.39 Å². The molecule has 2 aromatic rings. The van der Waals surface area contributed by atoms with E-state index in [1.54, 1.807) is 12.1 Å². The third-order valence-corrected chi connectivity index (χ3v) is 3.22. The van der Waals surface area contributed by atoms with Gasteiger partial charge in [0.25, 0.3) is 0 Å². The molecule has 0 saturated heterocycles. The lowest BCUT2D eigenvalue weighted by atomic mass is 10.2. The lowest BCUT2D eigenvalue weighted by molar-refractivity contribution is 0.339. The molecule has 2 rings (SSSR count). The largest absolute Gasteiger partial charge is 0.384 e. The van der Waals surface area contributed by atoms with E-state index < -0.39 is 0 Å². The minimum absolute atomic E-state index is 0.173. The van der Waals surface area contributed by atoms with Crippen molar-refractivity contribution in [3.05, 3.63) is 65.5 Å². The molecule has 1 N–H and O–H groups in total. The molecule has 0 fully saturated rings. The summed E-state index contributed by atoms with van der Waals surface area (Å²) in [5, 5.41) is 3.38. The molecule has 0 heterocycles. The molecule has 0 saturated carbocycles. The fourth-order valence-electron chi connectivity index (χ4n) is 2.09. The van der Waals surface area contributed by atoms with E-state index in [1.165, 1.54) is 11.6 Å². The summed E-state index contributed by atoms with van der Waals surface area (Å²) in [6.45, 7) is 4.61. The van der Waals surface area contributed by atoms with E-state index in [-0.39, 0.29) is 5.82 Å². The van der Waals surface area contributed by atoms with Crippen molar-refractivity contribution in [3.63, 3.8) is 0 Å². The molecule has 0 radical (unpaired) electrons. The highest BCUT2D eigenvalue weighted by Crippen LogP contribution is 2.09. The maximum atomic E-state index is 13.1. The van der Waals surface area contributed by atoms with Gasteiger partial charge in [-0.1, -0.05) is 29.8 Å². The Hall–Kier alpha value is -1.87. The highest BCUT2D eigenvalue weighted by molar-refractivity contribution is 5.44. The van der Waals surface area contributed by atoms with Crippen LogP contribution in [-0.2, 0) is 6.54 Å². The van der Waals surface area contributed by atoms with E-state index >= 15 is 0 Å². The number of likely N-dealkylation sites (N-methyl/N-ethyl adjacent to an activating group) is 1. The summed E-state index contributed by atoms with van der Waals surface area (Å²) in [6, 6.07) is 15.1. The zero-order chi connectivity index (χ0) is 14.4. The Morgan fingerprint density at radius 1 is 1.10 bits per heavy atom. The zero-order valence-electron chi connectivity index (χ0n) is 12.1. The van der Waals surface area contributed by atoms with E-state index in [4.69, 9.17) is 0 Å². The average molecular weight is 272 g/mol. The van der Waals surface area contributed by atoms with Gasteiger partial charge < -0.3 is 10.2 Å². The topological polar surface area (TPSA) is 15.3 Å². The van der Waals surface area contributed by atoms with Crippen molar-refractivity contribution in [3.8, 4) is 0 Å². The first-order valence-corrected chi connectivity index (χ1v) is 6.87. The second-order valence-corrected chi connectivity index (χ2v) is 5.16. The highest BCUT2D eigenvalue weighted by atomic mass is 19.1. The standard InChI is InChI=1S/C17H21FN2/c1-14-6-8-17(9-7-14)19-10-11-20(2)13-15-4-3-5-16(18)12-15/h3-9,12,19H,10-11,13H2,1-2H3. The smallest absolute Gasteiger partial charge is 0.123 e. The predicted octanol–water partition coefficient (Wildman–Crippen LogP) is 3.68. The van der Waals surface area contributed by atoms with Gasteiger partial charge in [0.1, 0.15) is 5.82 Å². The summed E-state index contributed by atoms with van der Waals surface area (Å²) < 4.78 is 13.1. The van der Waals surface area contributed by atoms with Crippen molar-refractivity contribution in [2.45, 2.75) is 13.5 Å². The van der Waals surface area contributed by atoms with Gasteiger partial charge in [0, 0.05) is 25.3 Å². The molecule has 0 aliphatic carbocycles. The van der Waals surface area contributed by atoms with Crippen molar-refractivity contribution >= 4 is 5.69 Å². The Bertz CT molecular complexity index is 537. The highest BCUT2D eigenvalue weighted by Gasteiger charge is 2.01.